The summed E-state index contributed by atoms with van der Waals surface area (Å²) < 4.78 is 32.8. The molecule has 1 fully saturated rings. The van der Waals surface area contributed by atoms with Crippen molar-refractivity contribution in [3.05, 3.63) is 18.2 Å². The molecule has 1 aliphatic heterocycles. The lowest BCUT2D eigenvalue weighted by Crippen LogP contribution is -2.33. The van der Waals surface area contributed by atoms with Gasteiger partial charge in [0.2, 0.25) is 10.0 Å². The Morgan fingerprint density at radius 1 is 1.28 bits per heavy atom. The summed E-state index contributed by atoms with van der Waals surface area (Å²) in [4.78, 5) is 13.7. The molecule has 0 aliphatic carbocycles. The van der Waals surface area contributed by atoms with E-state index in [4.69, 9.17) is 17.0 Å². The van der Waals surface area contributed by atoms with Crippen LogP contribution in [0.25, 0.3) is 0 Å². The van der Waals surface area contributed by atoms with Crippen LogP contribution < -0.4 is 15.0 Å². The number of carbonyl (C=O) groups is 1. The van der Waals surface area contributed by atoms with Crippen LogP contribution >= 0.6 is 12.2 Å². The van der Waals surface area contributed by atoms with Crippen LogP contribution in [0, 0.1) is 0 Å². The summed E-state index contributed by atoms with van der Waals surface area (Å²) in [6, 6.07) is 4.20. The van der Waals surface area contributed by atoms with Gasteiger partial charge in [0.1, 0.15) is 16.7 Å². The highest BCUT2D eigenvalue weighted by Gasteiger charge is 2.35. The van der Waals surface area contributed by atoms with Crippen molar-refractivity contribution >= 4 is 38.9 Å². The van der Waals surface area contributed by atoms with Gasteiger partial charge in [-0.25, -0.2) is 8.42 Å². The molecule has 1 aromatic rings. The quantitative estimate of drug-likeness (QED) is 0.720. The molecule has 0 radical (unpaired) electrons. The summed E-state index contributed by atoms with van der Waals surface area (Å²) >= 11 is 5.20. The number of hydrogen-bond acceptors (Lipinski definition) is 5. The van der Waals surface area contributed by atoms with Gasteiger partial charge in [0.15, 0.2) is 5.11 Å². The maximum Gasteiger partial charge on any atom is 0.255 e. The minimum absolute atomic E-state index is 0.0331. The first-order chi connectivity index (χ1) is 11.8. The van der Waals surface area contributed by atoms with Gasteiger partial charge in [-0.2, -0.15) is 4.31 Å². The number of thiocarbonyl (C=S) groups is 1. The molecule has 25 heavy (non-hydrogen) atoms. The van der Waals surface area contributed by atoms with E-state index in [-0.39, 0.29) is 21.7 Å². The lowest BCUT2D eigenvalue weighted by Gasteiger charge is -2.22. The van der Waals surface area contributed by atoms with Crippen molar-refractivity contribution in [3.63, 3.8) is 0 Å². The van der Waals surface area contributed by atoms with E-state index >= 15 is 0 Å². The third-order valence-corrected chi connectivity index (χ3v) is 6.31. The van der Waals surface area contributed by atoms with Crippen molar-refractivity contribution in [1.82, 2.24) is 9.62 Å². The summed E-state index contributed by atoms with van der Waals surface area (Å²) in [7, 11) is -3.75. The van der Waals surface area contributed by atoms with Crippen LogP contribution in [-0.2, 0) is 14.8 Å². The van der Waals surface area contributed by atoms with Crippen molar-refractivity contribution in [2.75, 3.05) is 24.6 Å². The zero-order chi connectivity index (χ0) is 18.8. The molecule has 0 bridgehead atoms. The molecule has 2 rings (SSSR count). The molecular formula is C16H23N3O4S2. The largest absolute Gasteiger partial charge is 0.492 e. The normalized spacial score (nSPS) is 18.0. The van der Waals surface area contributed by atoms with Gasteiger partial charge in [0.25, 0.3) is 5.91 Å². The highest BCUT2D eigenvalue weighted by molar-refractivity contribution is 7.89. The van der Waals surface area contributed by atoms with E-state index < -0.39 is 16.1 Å². The average Bonchev–Trinajstić information content (AvgIpc) is 2.81. The van der Waals surface area contributed by atoms with Crippen molar-refractivity contribution in [2.45, 2.75) is 38.6 Å². The second-order valence-corrected chi connectivity index (χ2v) is 7.79. The number of rotatable bonds is 7. The average molecular weight is 386 g/mol. The van der Waals surface area contributed by atoms with Crippen LogP contribution in [-0.4, -0.2) is 49.5 Å². The monoisotopic (exact) mass is 385 g/mol. The van der Waals surface area contributed by atoms with E-state index in [1.165, 1.54) is 15.3 Å². The summed E-state index contributed by atoms with van der Waals surface area (Å²) in [5.74, 6) is 0.0390. The first kappa shape index (κ1) is 19.6. The van der Waals surface area contributed by atoms with Crippen molar-refractivity contribution in [3.8, 4) is 5.75 Å². The van der Waals surface area contributed by atoms with Gasteiger partial charge in [-0.15, -0.1) is 0 Å². The summed E-state index contributed by atoms with van der Waals surface area (Å²) in [6.07, 6.45) is 0. The van der Waals surface area contributed by atoms with Gasteiger partial charge in [0, 0.05) is 13.1 Å². The van der Waals surface area contributed by atoms with Gasteiger partial charge < -0.3 is 10.1 Å². The van der Waals surface area contributed by atoms with Crippen LogP contribution in [0.3, 0.4) is 0 Å². The fourth-order valence-corrected chi connectivity index (χ4v) is 4.65. The maximum absolute atomic E-state index is 13.0. The Kier molecular flexibility index (Phi) is 6.02. The molecule has 1 N–H and O–H groups in total. The van der Waals surface area contributed by atoms with E-state index in [1.54, 1.807) is 39.8 Å². The third-order valence-electron chi connectivity index (χ3n) is 3.94. The van der Waals surface area contributed by atoms with Crippen LogP contribution in [0.2, 0.25) is 0 Å². The number of amides is 1. The molecular weight excluding hydrogens is 362 g/mol. The molecule has 7 nitrogen and oxygen atoms in total. The summed E-state index contributed by atoms with van der Waals surface area (Å²) in [5, 5.41) is 3.13. The van der Waals surface area contributed by atoms with Crippen molar-refractivity contribution in [2.24, 2.45) is 0 Å². The Labute approximate surface area is 154 Å². The number of nitrogens with zero attached hydrogens (tertiary/aromatic N) is 2. The molecule has 1 saturated heterocycles. The van der Waals surface area contributed by atoms with Crippen molar-refractivity contribution < 1.29 is 17.9 Å². The van der Waals surface area contributed by atoms with Crippen LogP contribution in [0.1, 0.15) is 27.7 Å². The van der Waals surface area contributed by atoms with Gasteiger partial charge >= 0.3 is 0 Å². The first-order valence-corrected chi connectivity index (χ1v) is 10.0. The topological polar surface area (TPSA) is 79.0 Å². The number of carbonyl (C=O) groups excluding carboxylic acids is 1. The van der Waals surface area contributed by atoms with E-state index in [0.29, 0.717) is 25.4 Å². The smallest absolute Gasteiger partial charge is 0.255 e. The van der Waals surface area contributed by atoms with Crippen molar-refractivity contribution in [1.29, 1.82) is 0 Å². The SMILES string of the molecule is CCOc1ccc(N2C(=O)[C@H](C)NC2=S)cc1S(=O)(=O)N(CC)CC. The van der Waals surface area contributed by atoms with Gasteiger partial charge in [-0.05, 0) is 44.3 Å². The molecule has 0 saturated carbocycles. The number of sulfonamides is 1. The Balaban J connectivity index is 2.58. The zero-order valence-electron chi connectivity index (χ0n) is 14.8. The van der Waals surface area contributed by atoms with Gasteiger partial charge in [0.05, 0.1) is 12.3 Å². The van der Waals surface area contributed by atoms with Gasteiger partial charge in [-0.3, -0.25) is 9.69 Å². The Morgan fingerprint density at radius 2 is 1.92 bits per heavy atom. The standard InChI is InChI=1S/C16H23N3O4S2/c1-5-18(6-2)25(21,22)14-10-12(8-9-13(14)23-7-3)19-15(20)11(4)17-16(19)24/h8-11H,5-7H2,1-4H3,(H,17,24)/t11-/m0/s1. The molecule has 1 aromatic carbocycles. The fraction of sp³-hybridized carbons (Fsp3) is 0.500. The highest BCUT2D eigenvalue weighted by Crippen LogP contribution is 2.32. The Morgan fingerprint density at radius 3 is 2.40 bits per heavy atom. The molecule has 0 spiro atoms. The van der Waals surface area contributed by atoms with E-state index in [1.807, 2.05) is 0 Å². The Bertz CT molecular complexity index is 776. The minimum Gasteiger partial charge on any atom is -0.492 e. The zero-order valence-corrected chi connectivity index (χ0v) is 16.4. The molecule has 9 heteroatoms. The van der Waals surface area contributed by atoms with Crippen LogP contribution in [0.5, 0.6) is 5.75 Å². The van der Waals surface area contributed by atoms with Crippen LogP contribution in [0.15, 0.2) is 23.1 Å². The number of ether oxygens (including phenoxy) is 1. The van der Waals surface area contributed by atoms with E-state index in [2.05, 4.69) is 5.32 Å². The summed E-state index contributed by atoms with van der Waals surface area (Å²) in [5.41, 5.74) is 0.404. The minimum atomic E-state index is -3.75. The third kappa shape index (κ3) is 3.63. The van der Waals surface area contributed by atoms with E-state index in [9.17, 15) is 13.2 Å². The number of nitrogens with one attached hydrogen (secondary N) is 1. The van der Waals surface area contributed by atoms with E-state index in [0.717, 1.165) is 0 Å². The summed E-state index contributed by atoms with van der Waals surface area (Å²) in [6.45, 7) is 8.05. The molecule has 1 amide bonds. The molecule has 1 heterocycles. The Hall–Kier alpha value is -1.71. The van der Waals surface area contributed by atoms with Crippen LogP contribution in [0.4, 0.5) is 5.69 Å². The number of hydrogen-bond donors (Lipinski definition) is 1. The fourth-order valence-electron chi connectivity index (χ4n) is 2.66. The predicted octanol–water partition coefficient (Wildman–Crippen LogP) is 1.73. The molecule has 138 valence electrons. The lowest BCUT2D eigenvalue weighted by molar-refractivity contribution is -0.117. The predicted molar refractivity (Wildman–Crippen MR) is 100 cm³/mol. The second kappa shape index (κ2) is 7.67. The molecule has 1 atom stereocenters. The second-order valence-electron chi connectivity index (χ2n) is 5.50. The molecule has 0 aromatic heterocycles. The molecule has 0 unspecified atom stereocenters. The number of benzene rings is 1. The molecule has 1 aliphatic rings. The number of anilines is 1. The van der Waals surface area contributed by atoms with Gasteiger partial charge in [-0.1, -0.05) is 13.8 Å². The highest BCUT2D eigenvalue weighted by atomic mass is 32.2. The lowest BCUT2D eigenvalue weighted by atomic mass is 10.2. The maximum atomic E-state index is 13.0. The first-order valence-electron chi connectivity index (χ1n) is 8.19.